The van der Waals surface area contributed by atoms with E-state index < -0.39 is 0 Å². The summed E-state index contributed by atoms with van der Waals surface area (Å²) in [5.41, 5.74) is 7.26. The largest absolute Gasteiger partial charge is 0.399 e. The van der Waals surface area contributed by atoms with Gasteiger partial charge in [-0.25, -0.2) is 0 Å². The van der Waals surface area contributed by atoms with Crippen LogP contribution in [0.15, 0.2) is 42.5 Å². The molecule has 0 bridgehead atoms. The zero-order valence-corrected chi connectivity index (χ0v) is 10.0. The van der Waals surface area contributed by atoms with Crippen molar-refractivity contribution in [3.63, 3.8) is 0 Å². The van der Waals surface area contributed by atoms with Crippen molar-refractivity contribution in [3.05, 3.63) is 48.1 Å². The number of amides is 1. The van der Waals surface area contributed by atoms with Gasteiger partial charge in [0.05, 0.1) is 0 Å². The minimum absolute atomic E-state index is 0.0862. The molecular weight excluding hydrogens is 212 g/mol. The average Bonchev–Trinajstić information content (AvgIpc) is 2.32. The van der Waals surface area contributed by atoms with Crippen LogP contribution in [0.5, 0.6) is 0 Å². The molecule has 3 N–H and O–H groups in total. The van der Waals surface area contributed by atoms with Crippen molar-refractivity contribution in [3.8, 4) is 0 Å². The maximum absolute atomic E-state index is 11.4. The number of hydrogen-bond acceptors (Lipinski definition) is 2. The predicted molar refractivity (Wildman–Crippen MR) is 72.3 cm³/mol. The smallest absolute Gasteiger partial charge is 0.244 e. The van der Waals surface area contributed by atoms with Gasteiger partial charge in [0.25, 0.3) is 0 Å². The van der Waals surface area contributed by atoms with Crippen LogP contribution in [0.4, 0.5) is 5.69 Å². The van der Waals surface area contributed by atoms with E-state index in [1.165, 1.54) is 6.08 Å². The van der Waals surface area contributed by atoms with Crippen LogP contribution in [0.1, 0.15) is 18.9 Å². The summed E-state index contributed by atoms with van der Waals surface area (Å²) in [5, 5.41) is 2.79. The van der Waals surface area contributed by atoms with Gasteiger partial charge in [0.15, 0.2) is 0 Å². The lowest BCUT2D eigenvalue weighted by Crippen LogP contribution is -2.21. The SMILES string of the molecule is C/C=C/CCNC(=O)/C=C/c1cccc(N)c1. The number of benzene rings is 1. The van der Waals surface area contributed by atoms with Crippen LogP contribution in [0, 0.1) is 0 Å². The normalized spacial score (nSPS) is 11.1. The van der Waals surface area contributed by atoms with Crippen molar-refractivity contribution in [1.29, 1.82) is 0 Å². The lowest BCUT2D eigenvalue weighted by atomic mass is 10.2. The molecule has 1 rings (SSSR count). The molecule has 0 aliphatic heterocycles. The number of carbonyl (C=O) groups is 1. The van der Waals surface area contributed by atoms with Gasteiger partial charge in [-0.2, -0.15) is 0 Å². The molecule has 0 radical (unpaired) electrons. The van der Waals surface area contributed by atoms with Gasteiger partial charge >= 0.3 is 0 Å². The molecule has 0 spiro atoms. The van der Waals surface area contributed by atoms with E-state index in [0.717, 1.165) is 12.0 Å². The van der Waals surface area contributed by atoms with Crippen molar-refractivity contribution in [2.24, 2.45) is 0 Å². The Morgan fingerprint density at radius 1 is 1.47 bits per heavy atom. The molecule has 0 unspecified atom stereocenters. The minimum atomic E-state index is -0.0862. The van der Waals surface area contributed by atoms with E-state index in [1.807, 2.05) is 43.3 Å². The zero-order chi connectivity index (χ0) is 12.5. The molecule has 0 aliphatic rings. The van der Waals surface area contributed by atoms with E-state index in [-0.39, 0.29) is 5.91 Å². The first-order valence-corrected chi connectivity index (χ1v) is 5.65. The zero-order valence-electron chi connectivity index (χ0n) is 10.0. The number of anilines is 1. The number of allylic oxidation sites excluding steroid dienone is 1. The summed E-state index contributed by atoms with van der Waals surface area (Å²) in [6.45, 7) is 2.62. The van der Waals surface area contributed by atoms with Crippen LogP contribution in [0.25, 0.3) is 6.08 Å². The van der Waals surface area contributed by atoms with Gasteiger partial charge in [-0.3, -0.25) is 4.79 Å². The molecule has 0 atom stereocenters. The molecule has 1 aromatic carbocycles. The summed E-state index contributed by atoms with van der Waals surface area (Å²) < 4.78 is 0. The lowest BCUT2D eigenvalue weighted by molar-refractivity contribution is -0.116. The Morgan fingerprint density at radius 3 is 3.00 bits per heavy atom. The number of nitrogen functional groups attached to an aromatic ring is 1. The molecule has 0 saturated heterocycles. The van der Waals surface area contributed by atoms with Crippen molar-refractivity contribution in [2.75, 3.05) is 12.3 Å². The molecule has 90 valence electrons. The third-order valence-corrected chi connectivity index (χ3v) is 2.18. The summed E-state index contributed by atoms with van der Waals surface area (Å²) in [5.74, 6) is -0.0862. The summed E-state index contributed by atoms with van der Waals surface area (Å²) >= 11 is 0. The Hall–Kier alpha value is -2.03. The Kier molecular flexibility index (Phi) is 5.58. The van der Waals surface area contributed by atoms with Gasteiger partial charge in [0.2, 0.25) is 5.91 Å². The van der Waals surface area contributed by atoms with Crippen LogP contribution in [-0.2, 0) is 4.79 Å². The predicted octanol–water partition coefficient (Wildman–Crippen LogP) is 2.36. The third kappa shape index (κ3) is 5.56. The van der Waals surface area contributed by atoms with Crippen molar-refractivity contribution >= 4 is 17.7 Å². The molecule has 0 aliphatic carbocycles. The average molecular weight is 230 g/mol. The maximum Gasteiger partial charge on any atom is 0.244 e. The van der Waals surface area contributed by atoms with Crippen molar-refractivity contribution in [1.82, 2.24) is 5.32 Å². The van der Waals surface area contributed by atoms with Gasteiger partial charge in [-0.1, -0.05) is 24.3 Å². The first-order valence-electron chi connectivity index (χ1n) is 5.65. The molecule has 1 aromatic rings. The molecule has 1 amide bonds. The monoisotopic (exact) mass is 230 g/mol. The standard InChI is InChI=1S/C14H18N2O/c1-2-3-4-10-16-14(17)9-8-12-6-5-7-13(15)11-12/h2-3,5-9,11H,4,10,15H2,1H3,(H,16,17)/b3-2+,9-8+. The second kappa shape index (κ2) is 7.28. The topological polar surface area (TPSA) is 55.1 Å². The van der Waals surface area contributed by atoms with Crippen LogP contribution in [0.3, 0.4) is 0 Å². The highest BCUT2D eigenvalue weighted by Crippen LogP contribution is 2.07. The number of nitrogens with two attached hydrogens (primary N) is 1. The number of carbonyl (C=O) groups excluding carboxylic acids is 1. The molecule has 0 fully saturated rings. The first-order chi connectivity index (χ1) is 8.22. The fourth-order valence-electron chi connectivity index (χ4n) is 1.34. The van der Waals surface area contributed by atoms with E-state index >= 15 is 0 Å². The Morgan fingerprint density at radius 2 is 2.29 bits per heavy atom. The summed E-state index contributed by atoms with van der Waals surface area (Å²) in [7, 11) is 0. The van der Waals surface area contributed by atoms with Gasteiger partial charge in [0.1, 0.15) is 0 Å². The fraction of sp³-hybridized carbons (Fsp3) is 0.214. The van der Waals surface area contributed by atoms with Gasteiger partial charge in [-0.15, -0.1) is 0 Å². The molecule has 17 heavy (non-hydrogen) atoms. The lowest BCUT2D eigenvalue weighted by Gasteiger charge is -1.99. The van der Waals surface area contributed by atoms with Crippen LogP contribution in [0.2, 0.25) is 0 Å². The Labute approximate surface area is 102 Å². The summed E-state index contributed by atoms with van der Waals surface area (Å²) in [4.78, 5) is 11.4. The molecular formula is C14H18N2O. The maximum atomic E-state index is 11.4. The van der Waals surface area contributed by atoms with Crippen LogP contribution >= 0.6 is 0 Å². The molecule has 0 heterocycles. The van der Waals surface area contributed by atoms with Gasteiger partial charge in [0, 0.05) is 18.3 Å². The first kappa shape index (κ1) is 13.0. The summed E-state index contributed by atoms with van der Waals surface area (Å²) in [6, 6.07) is 7.40. The van der Waals surface area contributed by atoms with Crippen molar-refractivity contribution in [2.45, 2.75) is 13.3 Å². The third-order valence-electron chi connectivity index (χ3n) is 2.18. The van der Waals surface area contributed by atoms with Crippen LogP contribution < -0.4 is 11.1 Å². The molecule has 0 saturated carbocycles. The highest BCUT2D eigenvalue weighted by atomic mass is 16.1. The Bertz CT molecular complexity index is 422. The molecule has 3 nitrogen and oxygen atoms in total. The van der Waals surface area contributed by atoms with Gasteiger partial charge in [-0.05, 0) is 37.1 Å². The molecule has 0 aromatic heterocycles. The van der Waals surface area contributed by atoms with E-state index in [2.05, 4.69) is 5.32 Å². The second-order valence-electron chi connectivity index (χ2n) is 3.65. The highest BCUT2D eigenvalue weighted by Gasteiger charge is 1.93. The van der Waals surface area contributed by atoms with E-state index in [1.54, 1.807) is 6.08 Å². The summed E-state index contributed by atoms with van der Waals surface area (Å²) in [6.07, 6.45) is 8.11. The van der Waals surface area contributed by atoms with Crippen molar-refractivity contribution < 1.29 is 4.79 Å². The minimum Gasteiger partial charge on any atom is -0.399 e. The quantitative estimate of drug-likeness (QED) is 0.353. The number of nitrogens with one attached hydrogen (secondary N) is 1. The second-order valence-corrected chi connectivity index (χ2v) is 3.65. The number of rotatable bonds is 5. The fourth-order valence-corrected chi connectivity index (χ4v) is 1.34. The van der Waals surface area contributed by atoms with E-state index in [0.29, 0.717) is 12.2 Å². The van der Waals surface area contributed by atoms with Gasteiger partial charge < -0.3 is 11.1 Å². The number of hydrogen-bond donors (Lipinski definition) is 2. The van der Waals surface area contributed by atoms with E-state index in [4.69, 9.17) is 5.73 Å². The Balaban J connectivity index is 2.40. The highest BCUT2D eigenvalue weighted by molar-refractivity contribution is 5.91. The van der Waals surface area contributed by atoms with E-state index in [9.17, 15) is 4.79 Å². The van der Waals surface area contributed by atoms with Crippen LogP contribution in [-0.4, -0.2) is 12.5 Å². The molecule has 3 heteroatoms.